The Morgan fingerprint density at radius 3 is 2.76 bits per heavy atom. The van der Waals surface area contributed by atoms with Crippen molar-refractivity contribution < 1.29 is 0 Å². The van der Waals surface area contributed by atoms with E-state index in [-0.39, 0.29) is 11.6 Å². The summed E-state index contributed by atoms with van der Waals surface area (Å²) in [7, 11) is 0. The highest BCUT2D eigenvalue weighted by Gasteiger charge is 2.04. The number of nitrogen functional groups attached to an aromatic ring is 2. The van der Waals surface area contributed by atoms with Crippen LogP contribution in [-0.2, 0) is 0 Å². The SMILES string of the molecule is Nc1ncc(-c2ccc3[nH]ccc3c2)nc1N. The summed E-state index contributed by atoms with van der Waals surface area (Å²) in [6, 6.07) is 8.01. The minimum absolute atomic E-state index is 0.261. The van der Waals surface area contributed by atoms with Crippen LogP contribution in [0, 0.1) is 0 Å². The van der Waals surface area contributed by atoms with Crippen LogP contribution in [0.5, 0.6) is 0 Å². The molecular weight excluding hydrogens is 214 g/mol. The molecule has 0 spiro atoms. The Balaban J connectivity index is 2.16. The predicted octanol–water partition coefficient (Wildman–Crippen LogP) is 1.79. The molecule has 0 fully saturated rings. The van der Waals surface area contributed by atoms with Gasteiger partial charge in [0.2, 0.25) is 0 Å². The fourth-order valence-electron chi connectivity index (χ4n) is 1.76. The van der Waals surface area contributed by atoms with E-state index in [0.717, 1.165) is 22.2 Å². The largest absolute Gasteiger partial charge is 0.381 e. The standard InChI is InChI=1S/C12H11N5/c13-11-12(14)17-10(6-16-11)7-1-2-9-8(5-7)3-4-15-9/h1-6,15H,(H2,13,16)(H2,14,17). The van der Waals surface area contributed by atoms with E-state index < -0.39 is 0 Å². The van der Waals surface area contributed by atoms with Gasteiger partial charge in [-0.1, -0.05) is 6.07 Å². The van der Waals surface area contributed by atoms with Crippen molar-refractivity contribution in [3.8, 4) is 11.3 Å². The highest BCUT2D eigenvalue weighted by atomic mass is 15.0. The molecule has 84 valence electrons. The maximum Gasteiger partial charge on any atom is 0.166 e. The zero-order valence-corrected chi connectivity index (χ0v) is 9.01. The second-order valence-corrected chi connectivity index (χ2v) is 3.81. The van der Waals surface area contributed by atoms with Crippen molar-refractivity contribution >= 4 is 22.5 Å². The van der Waals surface area contributed by atoms with Gasteiger partial charge >= 0.3 is 0 Å². The number of nitrogens with zero attached hydrogens (tertiary/aromatic N) is 2. The van der Waals surface area contributed by atoms with Crippen LogP contribution in [0.3, 0.4) is 0 Å². The fourth-order valence-corrected chi connectivity index (χ4v) is 1.76. The molecule has 0 saturated carbocycles. The zero-order valence-electron chi connectivity index (χ0n) is 9.01. The highest BCUT2D eigenvalue weighted by molar-refractivity contribution is 5.84. The van der Waals surface area contributed by atoms with E-state index in [0.29, 0.717) is 0 Å². The molecule has 0 atom stereocenters. The zero-order chi connectivity index (χ0) is 11.8. The predicted molar refractivity (Wildman–Crippen MR) is 68.1 cm³/mol. The van der Waals surface area contributed by atoms with Gasteiger partial charge < -0.3 is 16.5 Å². The van der Waals surface area contributed by atoms with E-state index in [1.165, 1.54) is 0 Å². The van der Waals surface area contributed by atoms with Gasteiger partial charge in [-0.05, 0) is 18.2 Å². The van der Waals surface area contributed by atoms with Crippen LogP contribution in [0.1, 0.15) is 0 Å². The normalized spacial score (nSPS) is 10.8. The van der Waals surface area contributed by atoms with Gasteiger partial charge in [0.15, 0.2) is 11.6 Å². The summed E-state index contributed by atoms with van der Waals surface area (Å²) in [5, 5.41) is 1.12. The van der Waals surface area contributed by atoms with Crippen molar-refractivity contribution in [1.82, 2.24) is 15.0 Å². The summed E-state index contributed by atoms with van der Waals surface area (Å²) in [5.74, 6) is 0.521. The first-order valence-electron chi connectivity index (χ1n) is 5.19. The van der Waals surface area contributed by atoms with Crippen molar-refractivity contribution in [3.63, 3.8) is 0 Å². The van der Waals surface area contributed by atoms with Crippen LogP contribution in [-0.4, -0.2) is 15.0 Å². The molecule has 0 amide bonds. The number of H-pyrrole nitrogens is 1. The molecule has 2 aromatic heterocycles. The molecule has 0 radical (unpaired) electrons. The minimum Gasteiger partial charge on any atom is -0.381 e. The van der Waals surface area contributed by atoms with Gasteiger partial charge in [-0.3, -0.25) is 0 Å². The summed E-state index contributed by atoms with van der Waals surface area (Å²) >= 11 is 0. The molecule has 3 rings (SSSR count). The third-order valence-electron chi connectivity index (χ3n) is 2.68. The number of fused-ring (bicyclic) bond motifs is 1. The van der Waals surface area contributed by atoms with Gasteiger partial charge in [0.1, 0.15) is 0 Å². The number of nitrogens with two attached hydrogens (primary N) is 2. The monoisotopic (exact) mass is 225 g/mol. The lowest BCUT2D eigenvalue weighted by Crippen LogP contribution is -2.01. The summed E-state index contributed by atoms with van der Waals surface area (Å²) in [5.41, 5.74) is 14.0. The van der Waals surface area contributed by atoms with Crippen molar-refractivity contribution in [2.45, 2.75) is 0 Å². The number of anilines is 2. The molecule has 0 bridgehead atoms. The van der Waals surface area contributed by atoms with Gasteiger partial charge in [0.25, 0.3) is 0 Å². The van der Waals surface area contributed by atoms with Gasteiger partial charge in [0, 0.05) is 22.7 Å². The average molecular weight is 225 g/mol. The van der Waals surface area contributed by atoms with E-state index in [2.05, 4.69) is 15.0 Å². The number of hydrogen-bond acceptors (Lipinski definition) is 4. The van der Waals surface area contributed by atoms with Crippen LogP contribution >= 0.6 is 0 Å². The first-order valence-corrected chi connectivity index (χ1v) is 5.19. The first-order chi connectivity index (χ1) is 8.24. The van der Waals surface area contributed by atoms with E-state index >= 15 is 0 Å². The second kappa shape index (κ2) is 3.48. The van der Waals surface area contributed by atoms with Gasteiger partial charge in [-0.15, -0.1) is 0 Å². The maximum atomic E-state index is 5.65. The van der Waals surface area contributed by atoms with Gasteiger partial charge in [-0.25, -0.2) is 9.97 Å². The third kappa shape index (κ3) is 1.57. The van der Waals surface area contributed by atoms with Crippen LogP contribution in [0.4, 0.5) is 11.6 Å². The number of nitrogens with one attached hydrogen (secondary N) is 1. The maximum absolute atomic E-state index is 5.65. The van der Waals surface area contributed by atoms with E-state index in [9.17, 15) is 0 Å². The molecule has 5 nitrogen and oxygen atoms in total. The third-order valence-corrected chi connectivity index (χ3v) is 2.68. The van der Waals surface area contributed by atoms with Crippen molar-refractivity contribution in [3.05, 3.63) is 36.7 Å². The number of hydrogen-bond donors (Lipinski definition) is 3. The van der Waals surface area contributed by atoms with E-state index in [1.807, 2.05) is 30.5 Å². The van der Waals surface area contributed by atoms with Crippen molar-refractivity contribution in [2.75, 3.05) is 11.5 Å². The second-order valence-electron chi connectivity index (χ2n) is 3.81. The lowest BCUT2D eigenvalue weighted by Gasteiger charge is -2.03. The Bertz CT molecular complexity index is 686. The Labute approximate surface area is 97.5 Å². The number of aromatic amines is 1. The number of aromatic nitrogens is 3. The Kier molecular flexibility index (Phi) is 1.98. The smallest absolute Gasteiger partial charge is 0.166 e. The molecule has 0 aliphatic rings. The molecule has 3 aromatic rings. The summed E-state index contributed by atoms with van der Waals surface area (Å²) in [6.45, 7) is 0. The van der Waals surface area contributed by atoms with E-state index in [1.54, 1.807) is 6.20 Å². The summed E-state index contributed by atoms with van der Waals surface area (Å²) < 4.78 is 0. The lowest BCUT2D eigenvalue weighted by molar-refractivity contribution is 1.23. The molecule has 0 aliphatic heterocycles. The average Bonchev–Trinajstić information content (AvgIpc) is 2.79. The summed E-state index contributed by atoms with van der Waals surface area (Å²) in [6.07, 6.45) is 3.52. The number of rotatable bonds is 1. The molecule has 2 heterocycles. The van der Waals surface area contributed by atoms with E-state index in [4.69, 9.17) is 11.5 Å². The first kappa shape index (κ1) is 9.65. The van der Waals surface area contributed by atoms with Crippen LogP contribution < -0.4 is 11.5 Å². The Morgan fingerprint density at radius 2 is 1.94 bits per heavy atom. The number of benzene rings is 1. The van der Waals surface area contributed by atoms with Crippen molar-refractivity contribution in [1.29, 1.82) is 0 Å². The molecule has 0 unspecified atom stereocenters. The quantitative estimate of drug-likeness (QED) is 0.588. The summed E-state index contributed by atoms with van der Waals surface area (Å²) in [4.78, 5) is 11.4. The minimum atomic E-state index is 0.261. The molecule has 0 aliphatic carbocycles. The molecule has 17 heavy (non-hydrogen) atoms. The molecule has 5 N–H and O–H groups in total. The lowest BCUT2D eigenvalue weighted by atomic mass is 10.1. The highest BCUT2D eigenvalue weighted by Crippen LogP contribution is 2.23. The molecule has 1 aromatic carbocycles. The van der Waals surface area contributed by atoms with Crippen molar-refractivity contribution in [2.24, 2.45) is 0 Å². The topological polar surface area (TPSA) is 93.6 Å². The Morgan fingerprint density at radius 1 is 1.06 bits per heavy atom. The van der Waals surface area contributed by atoms with Crippen LogP contribution in [0.15, 0.2) is 36.7 Å². The molecular formula is C12H11N5. The molecule has 5 heteroatoms. The van der Waals surface area contributed by atoms with Crippen LogP contribution in [0.25, 0.3) is 22.2 Å². The Hall–Kier alpha value is -2.56. The van der Waals surface area contributed by atoms with Gasteiger partial charge in [0.05, 0.1) is 11.9 Å². The van der Waals surface area contributed by atoms with Gasteiger partial charge in [-0.2, -0.15) is 0 Å². The fraction of sp³-hybridized carbons (Fsp3) is 0. The van der Waals surface area contributed by atoms with Crippen LogP contribution in [0.2, 0.25) is 0 Å². The molecule has 0 saturated heterocycles.